The van der Waals surface area contributed by atoms with Crippen LogP contribution in [0.4, 0.5) is 10.5 Å². The summed E-state index contributed by atoms with van der Waals surface area (Å²) in [6.45, 7) is 8.83. The Kier molecular flexibility index (Phi) is 9.51. The Morgan fingerprint density at radius 3 is 2.63 bits per heavy atom. The Morgan fingerprint density at radius 1 is 1.28 bits per heavy atom. The van der Waals surface area contributed by atoms with Gasteiger partial charge in [0.1, 0.15) is 34.7 Å². The van der Waals surface area contributed by atoms with Crippen LogP contribution in [0.5, 0.6) is 5.75 Å². The summed E-state index contributed by atoms with van der Waals surface area (Å²) in [5.41, 5.74) is -0.974. The summed E-state index contributed by atoms with van der Waals surface area (Å²) in [4.78, 5) is 40.4. The van der Waals surface area contributed by atoms with Gasteiger partial charge in [-0.3, -0.25) is 14.9 Å². The predicted octanol–water partition coefficient (Wildman–Crippen LogP) is 4.02. The van der Waals surface area contributed by atoms with Gasteiger partial charge in [-0.15, -0.1) is 0 Å². The molecule has 7 atom stereocenters. The number of epoxide rings is 1. The van der Waals surface area contributed by atoms with E-state index in [1.807, 2.05) is 19.9 Å². The molecule has 2 fully saturated rings. The molecule has 43 heavy (non-hydrogen) atoms. The van der Waals surface area contributed by atoms with Crippen molar-refractivity contribution in [1.29, 1.82) is 0 Å². The zero-order chi connectivity index (χ0) is 31.9. The number of alkyl carbamates (subject to hydrolysis) is 1. The fourth-order valence-electron chi connectivity index (χ4n) is 5.75. The molecule has 4 bridgehead atoms. The predicted molar refractivity (Wildman–Crippen MR) is 159 cm³/mol. The van der Waals surface area contributed by atoms with Crippen molar-refractivity contribution in [2.75, 3.05) is 19.1 Å². The van der Waals surface area contributed by atoms with Crippen molar-refractivity contribution < 1.29 is 43.5 Å². The molecule has 0 unspecified atom stereocenters. The number of hydrogen-bond donors (Lipinski definition) is 3. The van der Waals surface area contributed by atoms with Gasteiger partial charge in [-0.2, -0.15) is 0 Å². The first-order chi connectivity index (χ1) is 20.1. The average molecular weight is 621 g/mol. The van der Waals surface area contributed by atoms with Gasteiger partial charge in [-0.1, -0.05) is 56.2 Å². The number of anilines is 1. The molecule has 1 aromatic carbocycles. The van der Waals surface area contributed by atoms with E-state index in [9.17, 15) is 24.6 Å². The number of amides is 2. The molecule has 3 aliphatic heterocycles. The van der Waals surface area contributed by atoms with Crippen LogP contribution in [-0.4, -0.2) is 78.1 Å². The van der Waals surface area contributed by atoms with Gasteiger partial charge < -0.3 is 34.1 Å². The molecule has 2 saturated heterocycles. The normalized spacial score (nSPS) is 35.3. The number of rotatable bonds is 3. The third kappa shape index (κ3) is 6.85. The molecule has 3 heterocycles. The van der Waals surface area contributed by atoms with Gasteiger partial charge in [0.15, 0.2) is 5.72 Å². The Balaban J connectivity index is 1.78. The Hall–Kier alpha value is -3.12. The largest absolute Gasteiger partial charge is 0.506 e. The topological polar surface area (TPSA) is 147 Å². The number of phenolic OH excluding ortho intramolecular Hbond substituents is 1. The highest BCUT2D eigenvalue weighted by molar-refractivity contribution is 6.35. The van der Waals surface area contributed by atoms with Crippen LogP contribution in [0, 0.1) is 11.8 Å². The summed E-state index contributed by atoms with van der Waals surface area (Å²) in [6.07, 6.45) is 1.29. The van der Waals surface area contributed by atoms with E-state index in [4.69, 9.17) is 30.5 Å². The van der Waals surface area contributed by atoms with Crippen molar-refractivity contribution in [3.8, 4) is 5.75 Å². The zero-order valence-electron chi connectivity index (χ0n) is 25.5. The minimum absolute atomic E-state index is 0.0108. The summed E-state index contributed by atoms with van der Waals surface area (Å²) in [5.74, 6) is -2.01. The maximum absolute atomic E-state index is 13.7. The van der Waals surface area contributed by atoms with Crippen LogP contribution in [0.3, 0.4) is 0 Å². The second-order valence-corrected chi connectivity index (χ2v) is 12.6. The van der Waals surface area contributed by atoms with E-state index in [0.717, 1.165) is 5.57 Å². The number of carbonyl (C=O) groups excluding carboxylic acids is 3. The van der Waals surface area contributed by atoms with E-state index in [2.05, 4.69) is 5.32 Å². The highest BCUT2D eigenvalue weighted by Gasteiger charge is 2.64. The summed E-state index contributed by atoms with van der Waals surface area (Å²) in [5, 5.41) is 24.6. The maximum Gasteiger partial charge on any atom is 0.409 e. The highest BCUT2D eigenvalue weighted by atomic mass is 35.5. The van der Waals surface area contributed by atoms with Gasteiger partial charge in [-0.05, 0) is 38.0 Å². The van der Waals surface area contributed by atoms with Crippen molar-refractivity contribution in [2.24, 2.45) is 11.8 Å². The summed E-state index contributed by atoms with van der Waals surface area (Å²) >= 11 is 6.44. The fourth-order valence-corrected chi connectivity index (χ4v) is 5.98. The number of nitrogens with one attached hydrogen (secondary N) is 1. The molecule has 3 aliphatic rings. The lowest BCUT2D eigenvalue weighted by molar-refractivity contribution is -0.157. The third-order valence-corrected chi connectivity index (χ3v) is 8.86. The SMILES string of the molecule is CO[C@@H]1/C=C/C=C(\C)Cc2cc(O)c(Cl)c(c2)N(C)C(=O)C[C@H](OC(=O)C(C)C)[C@]2(C)O[C@H]2[C@H](C)[C@@H]2C[C@@]1(O)NC(=O)O2. The first kappa shape index (κ1) is 32.8. The van der Waals surface area contributed by atoms with E-state index < -0.39 is 65.5 Å². The number of carbonyl (C=O) groups is 3. The number of hydrogen-bond acceptors (Lipinski definition) is 9. The second-order valence-electron chi connectivity index (χ2n) is 12.2. The monoisotopic (exact) mass is 620 g/mol. The molecule has 3 N–H and O–H groups in total. The molecule has 2 amide bonds. The molecule has 0 radical (unpaired) electrons. The third-order valence-electron chi connectivity index (χ3n) is 8.47. The Labute approximate surface area is 256 Å². The molecule has 236 valence electrons. The van der Waals surface area contributed by atoms with Crippen molar-refractivity contribution in [3.05, 3.63) is 46.5 Å². The lowest BCUT2D eigenvalue weighted by atomic mass is 9.83. The lowest BCUT2D eigenvalue weighted by Gasteiger charge is -2.42. The molecule has 12 heteroatoms. The van der Waals surface area contributed by atoms with Gasteiger partial charge in [0, 0.05) is 26.5 Å². The molecular weight excluding hydrogens is 580 g/mol. The first-order valence-corrected chi connectivity index (χ1v) is 14.7. The molecule has 0 spiro atoms. The molecular formula is C31H41ClN2O9. The van der Waals surface area contributed by atoms with E-state index >= 15 is 0 Å². The number of allylic oxidation sites excluding steroid dienone is 3. The number of halogens is 1. The van der Waals surface area contributed by atoms with Crippen LogP contribution in [0.25, 0.3) is 0 Å². The molecule has 1 aromatic rings. The van der Waals surface area contributed by atoms with Crippen LogP contribution in [0.2, 0.25) is 5.02 Å². The second kappa shape index (κ2) is 12.5. The van der Waals surface area contributed by atoms with Crippen molar-refractivity contribution in [1.82, 2.24) is 5.32 Å². The van der Waals surface area contributed by atoms with Crippen LogP contribution in [0.15, 0.2) is 35.9 Å². The van der Waals surface area contributed by atoms with Gasteiger partial charge >= 0.3 is 12.1 Å². The van der Waals surface area contributed by atoms with E-state index in [0.29, 0.717) is 17.7 Å². The van der Waals surface area contributed by atoms with Gasteiger partial charge in [0.2, 0.25) is 5.91 Å². The molecule has 4 rings (SSSR count). The van der Waals surface area contributed by atoms with Crippen LogP contribution in [0.1, 0.15) is 53.0 Å². The maximum atomic E-state index is 13.7. The minimum atomic E-state index is -1.78. The smallest absolute Gasteiger partial charge is 0.409 e. The summed E-state index contributed by atoms with van der Waals surface area (Å²) in [6, 6.07) is 3.26. The quantitative estimate of drug-likeness (QED) is 0.337. The lowest BCUT2D eigenvalue weighted by Crippen LogP contribution is -2.63. The number of benzene rings is 1. The standard InChI is InChI=1S/C31H41ClN2O9/c1-16(2)28(37)42-24-14-25(36)34(6)20-12-19(13-21(35)26(20)32)11-17(3)9-8-10-23(40-7)31(39)15-22(41-29(38)33-31)18(4)27-30(24,5)43-27/h8-10,12-13,16,18,22-24,27,35,39H,11,14-15H2,1-7H3,(H,33,38)/b10-8+,17-9+/t18-,22+,23-,24+,27+,30+,31+/m1/s1. The number of fused-ring (bicyclic) bond motifs is 5. The van der Waals surface area contributed by atoms with E-state index in [1.54, 1.807) is 46.0 Å². The van der Waals surface area contributed by atoms with Crippen molar-refractivity contribution in [3.63, 3.8) is 0 Å². The fraction of sp³-hybridized carbons (Fsp3) is 0.581. The molecule has 0 aliphatic carbocycles. The number of methoxy groups -OCH3 is 1. The molecule has 0 aromatic heterocycles. The summed E-state index contributed by atoms with van der Waals surface area (Å²) < 4.78 is 23.1. The molecule has 11 nitrogen and oxygen atoms in total. The number of ether oxygens (including phenoxy) is 4. The van der Waals surface area contributed by atoms with Gasteiger partial charge in [-0.25, -0.2) is 4.79 Å². The van der Waals surface area contributed by atoms with Gasteiger partial charge in [0.05, 0.1) is 24.1 Å². The van der Waals surface area contributed by atoms with Crippen molar-refractivity contribution in [2.45, 2.75) is 89.6 Å². The van der Waals surface area contributed by atoms with E-state index in [-0.39, 0.29) is 23.6 Å². The van der Waals surface area contributed by atoms with Crippen molar-refractivity contribution >= 4 is 35.3 Å². The number of nitrogens with zero attached hydrogens (tertiary/aromatic N) is 1. The number of aromatic hydroxyl groups is 1. The van der Waals surface area contributed by atoms with Crippen LogP contribution >= 0.6 is 11.6 Å². The summed E-state index contributed by atoms with van der Waals surface area (Å²) in [7, 11) is 2.97. The Morgan fingerprint density at radius 2 is 1.98 bits per heavy atom. The van der Waals surface area contributed by atoms with E-state index in [1.165, 1.54) is 18.1 Å². The van der Waals surface area contributed by atoms with Crippen LogP contribution < -0.4 is 10.2 Å². The first-order valence-electron chi connectivity index (χ1n) is 14.3. The highest BCUT2D eigenvalue weighted by Crippen LogP contribution is 2.49. The number of phenols is 1. The average Bonchev–Trinajstić information content (AvgIpc) is 3.62. The minimum Gasteiger partial charge on any atom is -0.506 e. The molecule has 0 saturated carbocycles. The number of aliphatic hydroxyl groups is 1. The Bertz CT molecular complexity index is 1330. The van der Waals surface area contributed by atoms with Gasteiger partial charge in [0.25, 0.3) is 0 Å². The zero-order valence-corrected chi connectivity index (χ0v) is 26.3. The van der Waals surface area contributed by atoms with Crippen LogP contribution in [-0.2, 0) is 35.0 Å². The number of esters is 1.